The molecule has 25 heavy (non-hydrogen) atoms. The quantitative estimate of drug-likeness (QED) is 0.661. The van der Waals surface area contributed by atoms with Gasteiger partial charge in [0.05, 0.1) is 23.4 Å². The van der Waals surface area contributed by atoms with Crippen LogP contribution >= 0.6 is 11.6 Å². The maximum absolute atomic E-state index is 12.6. The number of hydrogen-bond acceptors (Lipinski definition) is 4. The number of hydrogen-bond donors (Lipinski definition) is 0. The lowest BCUT2D eigenvalue weighted by molar-refractivity contribution is -0.131. The largest absolute Gasteiger partial charge is 0.465 e. The standard InChI is InChI=1S/C18H25ClN2O4/c1-5-9-20(10-6-2)17(23)12-21(13(3)22)16-11-14(18(24)25-4)7-8-15(16)19/h7-8,11H,5-6,9-10,12H2,1-4H3. The third-order valence-electron chi connectivity index (χ3n) is 3.67. The number of carbonyl (C=O) groups excluding carboxylic acids is 3. The van der Waals surface area contributed by atoms with Gasteiger partial charge < -0.3 is 14.5 Å². The Balaban J connectivity index is 3.13. The first-order valence-corrected chi connectivity index (χ1v) is 8.67. The van der Waals surface area contributed by atoms with Crippen LogP contribution in [0, 0.1) is 0 Å². The normalized spacial score (nSPS) is 10.3. The van der Waals surface area contributed by atoms with E-state index in [0.717, 1.165) is 12.8 Å². The molecule has 0 heterocycles. The van der Waals surface area contributed by atoms with Gasteiger partial charge >= 0.3 is 5.97 Å². The number of methoxy groups -OCH3 is 1. The molecule has 0 saturated heterocycles. The average Bonchev–Trinajstić information content (AvgIpc) is 2.59. The summed E-state index contributed by atoms with van der Waals surface area (Å²) in [4.78, 5) is 39.4. The minimum Gasteiger partial charge on any atom is -0.465 e. The third-order valence-corrected chi connectivity index (χ3v) is 3.99. The lowest BCUT2D eigenvalue weighted by atomic mass is 10.1. The van der Waals surface area contributed by atoms with E-state index < -0.39 is 5.97 Å². The van der Waals surface area contributed by atoms with Crippen molar-refractivity contribution in [3.8, 4) is 0 Å². The number of halogens is 1. The van der Waals surface area contributed by atoms with E-state index in [1.54, 1.807) is 4.90 Å². The molecule has 0 atom stereocenters. The van der Waals surface area contributed by atoms with Crippen LogP contribution in [0.3, 0.4) is 0 Å². The molecule has 0 fully saturated rings. The molecule has 0 radical (unpaired) electrons. The second-order valence-corrected chi connectivity index (χ2v) is 6.05. The van der Waals surface area contributed by atoms with Gasteiger partial charge in [-0.1, -0.05) is 25.4 Å². The van der Waals surface area contributed by atoms with Gasteiger partial charge in [-0.3, -0.25) is 9.59 Å². The Labute approximate surface area is 153 Å². The Bertz CT molecular complexity index is 628. The summed E-state index contributed by atoms with van der Waals surface area (Å²) < 4.78 is 4.69. The second-order valence-electron chi connectivity index (χ2n) is 5.64. The number of ether oxygens (including phenoxy) is 1. The van der Waals surface area contributed by atoms with Crippen LogP contribution in [0.15, 0.2) is 18.2 Å². The fourth-order valence-corrected chi connectivity index (χ4v) is 2.69. The van der Waals surface area contributed by atoms with Gasteiger partial charge in [-0.2, -0.15) is 0 Å². The van der Waals surface area contributed by atoms with Gasteiger partial charge in [-0.15, -0.1) is 0 Å². The number of benzene rings is 1. The van der Waals surface area contributed by atoms with E-state index in [9.17, 15) is 14.4 Å². The topological polar surface area (TPSA) is 66.9 Å². The van der Waals surface area contributed by atoms with Crippen molar-refractivity contribution in [1.29, 1.82) is 0 Å². The zero-order valence-electron chi connectivity index (χ0n) is 15.2. The summed E-state index contributed by atoms with van der Waals surface area (Å²) in [6, 6.07) is 4.49. The molecule has 0 unspecified atom stereocenters. The molecule has 0 spiro atoms. The number of nitrogens with zero attached hydrogens (tertiary/aromatic N) is 2. The highest BCUT2D eigenvalue weighted by Gasteiger charge is 2.22. The Hall–Kier alpha value is -2.08. The summed E-state index contributed by atoms with van der Waals surface area (Å²) in [5.41, 5.74) is 0.581. The Kier molecular flexibility index (Phi) is 8.41. The fraction of sp³-hybridized carbons (Fsp3) is 0.500. The predicted octanol–water partition coefficient (Wildman–Crippen LogP) is 3.13. The van der Waals surface area contributed by atoms with E-state index in [1.807, 2.05) is 13.8 Å². The van der Waals surface area contributed by atoms with Gasteiger partial charge in [0, 0.05) is 20.0 Å². The maximum Gasteiger partial charge on any atom is 0.337 e. The molecule has 0 aliphatic heterocycles. The van der Waals surface area contributed by atoms with Crippen LogP contribution in [-0.4, -0.2) is 49.4 Å². The molecule has 0 N–H and O–H groups in total. The van der Waals surface area contributed by atoms with Gasteiger partial charge in [0.2, 0.25) is 11.8 Å². The monoisotopic (exact) mass is 368 g/mol. The molecule has 0 aliphatic carbocycles. The highest BCUT2D eigenvalue weighted by Crippen LogP contribution is 2.27. The van der Waals surface area contributed by atoms with E-state index in [1.165, 1.54) is 37.1 Å². The van der Waals surface area contributed by atoms with Crippen LogP contribution < -0.4 is 4.90 Å². The van der Waals surface area contributed by atoms with Gasteiger partial charge in [-0.05, 0) is 31.0 Å². The predicted molar refractivity (Wildman–Crippen MR) is 98.0 cm³/mol. The Morgan fingerprint density at radius 2 is 1.72 bits per heavy atom. The molecule has 0 aromatic heterocycles. The highest BCUT2D eigenvalue weighted by atomic mass is 35.5. The SMILES string of the molecule is CCCN(CCC)C(=O)CN(C(C)=O)c1cc(C(=O)OC)ccc1Cl. The van der Waals surface area contributed by atoms with Crippen molar-refractivity contribution in [1.82, 2.24) is 4.90 Å². The highest BCUT2D eigenvalue weighted by molar-refractivity contribution is 6.34. The summed E-state index contributed by atoms with van der Waals surface area (Å²) in [6.07, 6.45) is 1.68. The minimum atomic E-state index is -0.536. The first-order valence-electron chi connectivity index (χ1n) is 8.29. The molecule has 1 aromatic carbocycles. The van der Waals surface area contributed by atoms with Gasteiger partial charge in [-0.25, -0.2) is 4.79 Å². The van der Waals surface area contributed by atoms with Crippen LogP contribution in [0.5, 0.6) is 0 Å². The summed E-state index contributed by atoms with van der Waals surface area (Å²) in [5, 5.41) is 0.285. The van der Waals surface area contributed by atoms with E-state index in [-0.39, 0.29) is 28.9 Å². The van der Waals surface area contributed by atoms with E-state index in [4.69, 9.17) is 16.3 Å². The molecule has 2 amide bonds. The lowest BCUT2D eigenvalue weighted by Gasteiger charge is -2.27. The smallest absolute Gasteiger partial charge is 0.337 e. The number of carbonyl (C=O) groups is 3. The van der Waals surface area contributed by atoms with Gasteiger partial charge in [0.15, 0.2) is 0 Å². The number of anilines is 1. The van der Waals surface area contributed by atoms with Gasteiger partial charge in [0.1, 0.15) is 6.54 Å². The van der Waals surface area contributed by atoms with Crippen molar-refractivity contribution in [2.45, 2.75) is 33.6 Å². The van der Waals surface area contributed by atoms with Crippen molar-refractivity contribution in [2.75, 3.05) is 31.6 Å². The van der Waals surface area contributed by atoms with Crippen LogP contribution in [0.25, 0.3) is 0 Å². The summed E-state index contributed by atoms with van der Waals surface area (Å²) in [6.45, 7) is 6.49. The molecule has 1 rings (SSSR count). The zero-order valence-corrected chi connectivity index (χ0v) is 15.9. The first kappa shape index (κ1) is 21.0. The van der Waals surface area contributed by atoms with Gasteiger partial charge in [0.25, 0.3) is 0 Å². The Morgan fingerprint density at radius 1 is 1.12 bits per heavy atom. The van der Waals surface area contributed by atoms with E-state index in [2.05, 4.69) is 0 Å². The van der Waals surface area contributed by atoms with Crippen LogP contribution in [0.2, 0.25) is 5.02 Å². The second kappa shape index (κ2) is 10.0. The molecular weight excluding hydrogens is 344 g/mol. The molecule has 0 aliphatic rings. The fourth-order valence-electron chi connectivity index (χ4n) is 2.47. The number of esters is 1. The van der Waals surface area contributed by atoms with Crippen molar-refractivity contribution in [3.63, 3.8) is 0 Å². The van der Waals surface area contributed by atoms with Crippen LogP contribution in [0.1, 0.15) is 44.0 Å². The summed E-state index contributed by atoms with van der Waals surface area (Å²) >= 11 is 6.20. The Morgan fingerprint density at radius 3 is 2.20 bits per heavy atom. The minimum absolute atomic E-state index is 0.125. The maximum atomic E-state index is 12.6. The van der Waals surface area contributed by atoms with Crippen molar-refractivity contribution in [2.24, 2.45) is 0 Å². The lowest BCUT2D eigenvalue weighted by Crippen LogP contribution is -2.43. The molecule has 6 nitrogen and oxygen atoms in total. The molecule has 0 saturated carbocycles. The summed E-state index contributed by atoms with van der Waals surface area (Å²) in [7, 11) is 1.27. The molecule has 7 heteroatoms. The average molecular weight is 369 g/mol. The van der Waals surface area contributed by atoms with Crippen molar-refractivity contribution in [3.05, 3.63) is 28.8 Å². The number of rotatable bonds is 8. The van der Waals surface area contributed by atoms with E-state index in [0.29, 0.717) is 18.8 Å². The molecular formula is C18H25ClN2O4. The molecule has 138 valence electrons. The van der Waals surface area contributed by atoms with Crippen molar-refractivity contribution < 1.29 is 19.1 Å². The van der Waals surface area contributed by atoms with Crippen LogP contribution in [0.4, 0.5) is 5.69 Å². The molecule has 1 aromatic rings. The first-order chi connectivity index (χ1) is 11.8. The third kappa shape index (κ3) is 5.74. The zero-order chi connectivity index (χ0) is 19.0. The van der Waals surface area contributed by atoms with Crippen LogP contribution in [-0.2, 0) is 14.3 Å². The number of amides is 2. The van der Waals surface area contributed by atoms with E-state index >= 15 is 0 Å². The van der Waals surface area contributed by atoms with Crippen molar-refractivity contribution >= 4 is 35.1 Å². The molecule has 0 bridgehead atoms. The summed E-state index contributed by atoms with van der Waals surface area (Å²) in [5.74, 6) is -1.02.